The van der Waals surface area contributed by atoms with Crippen LogP contribution in [0.4, 0.5) is 0 Å². The number of aromatic nitrogens is 4. The number of nitrogens with one attached hydrogen (secondary N) is 1. The van der Waals surface area contributed by atoms with Gasteiger partial charge in [0.15, 0.2) is 0 Å². The van der Waals surface area contributed by atoms with Crippen molar-refractivity contribution in [2.45, 2.75) is 38.9 Å². The Morgan fingerprint density at radius 3 is 3.05 bits per heavy atom. The quantitative estimate of drug-likeness (QED) is 0.824. The van der Waals surface area contributed by atoms with Crippen LogP contribution in [0.2, 0.25) is 0 Å². The normalized spacial score (nSPS) is 14.4. The molecule has 1 aliphatic carbocycles. The van der Waals surface area contributed by atoms with Gasteiger partial charge < -0.3 is 10.1 Å². The van der Waals surface area contributed by atoms with Crippen LogP contribution >= 0.6 is 0 Å². The van der Waals surface area contributed by atoms with E-state index in [0.717, 1.165) is 23.7 Å². The molecule has 0 saturated heterocycles. The summed E-state index contributed by atoms with van der Waals surface area (Å²) in [7, 11) is 0. The Hall–Kier alpha value is -1.95. The molecule has 0 aromatic carbocycles. The van der Waals surface area contributed by atoms with E-state index in [9.17, 15) is 0 Å². The van der Waals surface area contributed by atoms with Gasteiger partial charge in [-0.05, 0) is 31.9 Å². The van der Waals surface area contributed by atoms with Crippen molar-refractivity contribution >= 4 is 0 Å². The third-order valence-corrected chi connectivity index (χ3v) is 3.21. The fourth-order valence-corrected chi connectivity index (χ4v) is 1.86. The standard InChI is InChI=1S/C14H19N5O/c1-11-2-5-14(9-15-11)20-7-6-19-10-13(17-18-19)8-16-12-3-4-12/h2,5,9-10,12,16H,3-4,6-8H2,1H3. The van der Waals surface area contributed by atoms with Crippen molar-refractivity contribution in [3.05, 3.63) is 35.9 Å². The minimum atomic E-state index is 0.559. The molecule has 6 nitrogen and oxygen atoms in total. The highest BCUT2D eigenvalue weighted by Gasteiger charge is 2.20. The summed E-state index contributed by atoms with van der Waals surface area (Å²) in [5.41, 5.74) is 1.97. The van der Waals surface area contributed by atoms with Gasteiger partial charge in [0, 0.05) is 24.5 Å². The van der Waals surface area contributed by atoms with Gasteiger partial charge in [0.1, 0.15) is 12.4 Å². The van der Waals surface area contributed by atoms with Crippen molar-refractivity contribution in [1.29, 1.82) is 0 Å². The first-order valence-electron chi connectivity index (χ1n) is 6.97. The highest BCUT2D eigenvalue weighted by atomic mass is 16.5. The van der Waals surface area contributed by atoms with Crippen molar-refractivity contribution in [1.82, 2.24) is 25.3 Å². The van der Waals surface area contributed by atoms with Crippen LogP contribution < -0.4 is 10.1 Å². The molecule has 6 heteroatoms. The van der Waals surface area contributed by atoms with Gasteiger partial charge in [0.05, 0.1) is 18.4 Å². The fourth-order valence-electron chi connectivity index (χ4n) is 1.86. The van der Waals surface area contributed by atoms with Gasteiger partial charge in [0.25, 0.3) is 0 Å². The molecule has 20 heavy (non-hydrogen) atoms. The van der Waals surface area contributed by atoms with E-state index in [0.29, 0.717) is 19.2 Å². The van der Waals surface area contributed by atoms with E-state index in [2.05, 4.69) is 20.6 Å². The molecule has 0 radical (unpaired) electrons. The molecular weight excluding hydrogens is 254 g/mol. The van der Waals surface area contributed by atoms with Gasteiger partial charge in [-0.2, -0.15) is 0 Å². The molecule has 2 aromatic rings. The first-order chi connectivity index (χ1) is 9.79. The van der Waals surface area contributed by atoms with Crippen LogP contribution in [-0.2, 0) is 13.1 Å². The van der Waals surface area contributed by atoms with Crippen molar-refractivity contribution in [3.63, 3.8) is 0 Å². The zero-order valence-corrected chi connectivity index (χ0v) is 11.6. The maximum atomic E-state index is 5.62. The van der Waals surface area contributed by atoms with Crippen molar-refractivity contribution in [3.8, 4) is 5.75 Å². The highest BCUT2D eigenvalue weighted by Crippen LogP contribution is 2.18. The van der Waals surface area contributed by atoms with Gasteiger partial charge in [-0.15, -0.1) is 5.10 Å². The number of rotatable bonds is 7. The lowest BCUT2D eigenvalue weighted by molar-refractivity contribution is 0.288. The molecule has 0 atom stereocenters. The van der Waals surface area contributed by atoms with Gasteiger partial charge >= 0.3 is 0 Å². The van der Waals surface area contributed by atoms with Crippen LogP contribution in [0.25, 0.3) is 0 Å². The maximum absolute atomic E-state index is 5.62. The largest absolute Gasteiger partial charge is 0.490 e. The lowest BCUT2D eigenvalue weighted by Gasteiger charge is -2.05. The van der Waals surface area contributed by atoms with E-state index in [-0.39, 0.29) is 0 Å². The number of hydrogen-bond acceptors (Lipinski definition) is 5. The molecule has 2 aromatic heterocycles. The zero-order valence-electron chi connectivity index (χ0n) is 11.6. The molecule has 1 N–H and O–H groups in total. The molecule has 1 fully saturated rings. The molecule has 1 saturated carbocycles. The molecule has 0 aliphatic heterocycles. The van der Waals surface area contributed by atoms with E-state index in [1.54, 1.807) is 6.20 Å². The summed E-state index contributed by atoms with van der Waals surface area (Å²) in [6.07, 6.45) is 6.27. The minimum absolute atomic E-state index is 0.559. The molecular formula is C14H19N5O. The summed E-state index contributed by atoms with van der Waals surface area (Å²) in [6.45, 7) is 4.00. The van der Waals surface area contributed by atoms with Crippen molar-refractivity contribution in [2.75, 3.05) is 6.61 Å². The lowest BCUT2D eigenvalue weighted by Crippen LogP contribution is -2.15. The van der Waals surface area contributed by atoms with Crippen LogP contribution in [-0.4, -0.2) is 32.6 Å². The molecule has 106 valence electrons. The average molecular weight is 273 g/mol. The Morgan fingerprint density at radius 1 is 1.40 bits per heavy atom. The van der Waals surface area contributed by atoms with Gasteiger partial charge in [-0.1, -0.05) is 5.21 Å². The predicted molar refractivity (Wildman–Crippen MR) is 74.4 cm³/mol. The fraction of sp³-hybridized carbons (Fsp3) is 0.500. The molecule has 2 heterocycles. The summed E-state index contributed by atoms with van der Waals surface area (Å²) in [6, 6.07) is 4.55. The summed E-state index contributed by atoms with van der Waals surface area (Å²) < 4.78 is 7.43. The summed E-state index contributed by atoms with van der Waals surface area (Å²) in [5, 5.41) is 11.6. The SMILES string of the molecule is Cc1ccc(OCCn2cc(CNC3CC3)nn2)cn1. The smallest absolute Gasteiger partial charge is 0.137 e. The summed E-state index contributed by atoms with van der Waals surface area (Å²) >= 11 is 0. The second-order valence-electron chi connectivity index (χ2n) is 5.11. The average Bonchev–Trinajstić information content (AvgIpc) is 3.18. The van der Waals surface area contributed by atoms with E-state index >= 15 is 0 Å². The molecule has 0 unspecified atom stereocenters. The second kappa shape index (κ2) is 6.00. The Kier molecular flexibility index (Phi) is 3.92. The Labute approximate surface area is 118 Å². The summed E-state index contributed by atoms with van der Waals surface area (Å²) in [4.78, 5) is 4.19. The number of hydrogen-bond donors (Lipinski definition) is 1. The molecule has 1 aliphatic rings. The van der Waals surface area contributed by atoms with Crippen molar-refractivity contribution in [2.24, 2.45) is 0 Å². The van der Waals surface area contributed by atoms with Crippen LogP contribution in [0.15, 0.2) is 24.5 Å². The third-order valence-electron chi connectivity index (χ3n) is 3.21. The highest BCUT2D eigenvalue weighted by molar-refractivity contribution is 5.18. The first-order valence-corrected chi connectivity index (χ1v) is 6.97. The van der Waals surface area contributed by atoms with Gasteiger partial charge in [-0.3, -0.25) is 4.98 Å². The van der Waals surface area contributed by atoms with Crippen LogP contribution in [0.1, 0.15) is 24.2 Å². The Morgan fingerprint density at radius 2 is 2.30 bits per heavy atom. The molecule has 0 amide bonds. The predicted octanol–water partition coefficient (Wildman–Crippen LogP) is 1.31. The first kappa shape index (κ1) is 13.1. The number of aryl methyl sites for hydroxylation is 1. The van der Waals surface area contributed by atoms with E-state index < -0.39 is 0 Å². The maximum Gasteiger partial charge on any atom is 0.137 e. The lowest BCUT2D eigenvalue weighted by atomic mass is 10.4. The van der Waals surface area contributed by atoms with E-state index in [1.165, 1.54) is 12.8 Å². The topological polar surface area (TPSA) is 64.9 Å². The van der Waals surface area contributed by atoms with Crippen LogP contribution in [0.3, 0.4) is 0 Å². The molecule has 0 spiro atoms. The Bertz CT molecular complexity index is 547. The Balaban J connectivity index is 1.42. The minimum Gasteiger partial charge on any atom is -0.490 e. The number of pyridine rings is 1. The van der Waals surface area contributed by atoms with Gasteiger partial charge in [-0.25, -0.2) is 4.68 Å². The number of nitrogens with zero attached hydrogens (tertiary/aromatic N) is 4. The molecule has 3 rings (SSSR count). The van der Waals surface area contributed by atoms with Crippen LogP contribution in [0.5, 0.6) is 5.75 Å². The third kappa shape index (κ3) is 3.77. The van der Waals surface area contributed by atoms with Gasteiger partial charge in [0.2, 0.25) is 0 Å². The second-order valence-corrected chi connectivity index (χ2v) is 5.11. The van der Waals surface area contributed by atoms with Crippen molar-refractivity contribution < 1.29 is 4.74 Å². The van der Waals surface area contributed by atoms with E-state index in [4.69, 9.17) is 4.74 Å². The van der Waals surface area contributed by atoms with E-state index in [1.807, 2.05) is 29.9 Å². The monoisotopic (exact) mass is 273 g/mol. The molecule has 0 bridgehead atoms. The summed E-state index contributed by atoms with van der Waals surface area (Å²) in [5.74, 6) is 0.784. The zero-order chi connectivity index (χ0) is 13.8. The number of ether oxygens (including phenoxy) is 1. The van der Waals surface area contributed by atoms with Crippen LogP contribution in [0, 0.1) is 6.92 Å².